The number of ketones is 1. The molecule has 2 atom stereocenters. The highest BCUT2D eigenvalue weighted by atomic mass is 32.2. The number of ether oxygens (including phenoxy) is 2. The molecule has 0 aromatic heterocycles. The van der Waals surface area contributed by atoms with E-state index >= 15 is 0 Å². The molecule has 0 heterocycles. The van der Waals surface area contributed by atoms with Gasteiger partial charge in [-0.3, -0.25) is 9.10 Å². The number of aromatic carboxylic acids is 1. The van der Waals surface area contributed by atoms with Gasteiger partial charge in [-0.25, -0.2) is 13.2 Å². The first kappa shape index (κ1) is 24.1. The highest BCUT2D eigenvalue weighted by Gasteiger charge is 2.69. The van der Waals surface area contributed by atoms with Gasteiger partial charge in [-0.05, 0) is 60.6 Å². The van der Waals surface area contributed by atoms with Gasteiger partial charge in [0.1, 0.15) is 30.3 Å². The molecule has 2 aliphatic rings. The summed E-state index contributed by atoms with van der Waals surface area (Å²) in [6.45, 7) is 4.26. The molecular weight excluding hydrogens is 458 g/mol. The first-order valence-electron chi connectivity index (χ1n) is 11.2. The number of sulfonamides is 1. The number of Topliss-reactive ketones (excluding diaryl/α,β-unsaturated/α-hetero) is 1. The molecule has 0 aliphatic heterocycles. The van der Waals surface area contributed by atoms with Crippen molar-refractivity contribution in [1.82, 2.24) is 0 Å². The van der Waals surface area contributed by atoms with Crippen molar-refractivity contribution in [2.75, 3.05) is 23.8 Å². The molecule has 9 heteroatoms. The Morgan fingerprint density at radius 2 is 1.74 bits per heavy atom. The van der Waals surface area contributed by atoms with E-state index in [1.165, 1.54) is 16.4 Å². The van der Waals surface area contributed by atoms with E-state index in [-0.39, 0.29) is 30.5 Å². The van der Waals surface area contributed by atoms with Crippen LogP contribution in [-0.4, -0.2) is 50.3 Å². The fraction of sp³-hybridized carbons (Fsp3) is 0.440. The number of fused-ring (bicyclic) bond motifs is 2. The minimum absolute atomic E-state index is 0.0397. The number of hydrogen-bond acceptors (Lipinski definition) is 6. The average molecular weight is 488 g/mol. The minimum atomic E-state index is -3.80. The van der Waals surface area contributed by atoms with E-state index in [4.69, 9.17) is 14.6 Å². The largest absolute Gasteiger partial charge is 0.490 e. The van der Waals surface area contributed by atoms with Crippen molar-refractivity contribution in [3.8, 4) is 11.5 Å². The fourth-order valence-electron chi connectivity index (χ4n) is 5.55. The van der Waals surface area contributed by atoms with E-state index in [1.54, 1.807) is 36.4 Å². The lowest BCUT2D eigenvalue weighted by Crippen LogP contribution is -2.60. The van der Waals surface area contributed by atoms with Crippen LogP contribution in [0.4, 0.5) is 5.69 Å². The molecule has 2 unspecified atom stereocenters. The molecule has 0 radical (unpaired) electrons. The van der Waals surface area contributed by atoms with Crippen LogP contribution in [0.25, 0.3) is 0 Å². The van der Waals surface area contributed by atoms with Crippen molar-refractivity contribution in [2.45, 2.75) is 38.6 Å². The Kier molecular flexibility index (Phi) is 6.10. The number of rotatable bonds is 9. The summed E-state index contributed by atoms with van der Waals surface area (Å²) in [6, 6.07) is 12.9. The van der Waals surface area contributed by atoms with Gasteiger partial charge in [0, 0.05) is 6.42 Å². The zero-order valence-electron chi connectivity index (χ0n) is 19.5. The molecule has 34 heavy (non-hydrogen) atoms. The minimum Gasteiger partial charge on any atom is -0.490 e. The number of carbonyl (C=O) groups is 2. The molecular formula is C25H29NO7S. The third-order valence-corrected chi connectivity index (χ3v) is 8.48. The molecule has 1 N–H and O–H groups in total. The smallest absolute Gasteiger partial charge is 0.335 e. The average Bonchev–Trinajstić information content (AvgIpc) is 3.12. The van der Waals surface area contributed by atoms with Crippen LogP contribution in [-0.2, 0) is 14.8 Å². The third kappa shape index (κ3) is 3.91. The Morgan fingerprint density at radius 3 is 2.29 bits per heavy atom. The van der Waals surface area contributed by atoms with Gasteiger partial charge in [-0.2, -0.15) is 0 Å². The van der Waals surface area contributed by atoms with E-state index in [2.05, 4.69) is 0 Å². The molecule has 2 saturated carbocycles. The van der Waals surface area contributed by atoms with Crippen molar-refractivity contribution in [3.63, 3.8) is 0 Å². The lowest BCUT2D eigenvalue weighted by atomic mass is 9.75. The molecule has 2 aromatic rings. The molecule has 2 fully saturated rings. The van der Waals surface area contributed by atoms with E-state index in [0.717, 1.165) is 12.7 Å². The zero-order valence-corrected chi connectivity index (χ0v) is 20.3. The summed E-state index contributed by atoms with van der Waals surface area (Å²) in [4.78, 5) is 24.2. The summed E-state index contributed by atoms with van der Waals surface area (Å²) in [6.07, 6.45) is 2.82. The number of hydrogen-bond donors (Lipinski definition) is 1. The van der Waals surface area contributed by atoms with E-state index < -0.39 is 26.9 Å². The van der Waals surface area contributed by atoms with Crippen molar-refractivity contribution in [3.05, 3.63) is 54.1 Å². The molecule has 2 aliphatic carbocycles. The number of benzene rings is 2. The molecule has 0 saturated heterocycles. The molecule has 2 bridgehead atoms. The Balaban J connectivity index is 1.56. The second-order valence-electron chi connectivity index (χ2n) is 9.47. The number of carbonyl (C=O) groups excluding carboxylic acids is 1. The number of carboxylic acids is 1. The van der Waals surface area contributed by atoms with Gasteiger partial charge in [0.25, 0.3) is 0 Å². The molecule has 4 rings (SSSR count). The Bertz CT molecular complexity index is 1210. The number of nitrogens with zero attached hydrogens (tertiary/aromatic N) is 1. The SMILES string of the molecule is CC1(C)C2CCC1(N(c1ccccc1OCCOc1ccc(C(=O)O)cc1)S(C)(=O)=O)C(=O)C2. The number of carboxylic acid groups (broad SMARTS) is 1. The van der Waals surface area contributed by atoms with Crippen LogP contribution in [0.15, 0.2) is 48.5 Å². The first-order valence-corrected chi connectivity index (χ1v) is 13.0. The third-order valence-electron chi connectivity index (χ3n) is 7.31. The second kappa shape index (κ2) is 8.61. The summed E-state index contributed by atoms with van der Waals surface area (Å²) in [7, 11) is -3.80. The van der Waals surface area contributed by atoms with Gasteiger partial charge in [0.15, 0.2) is 5.78 Å². The van der Waals surface area contributed by atoms with E-state index in [9.17, 15) is 18.0 Å². The summed E-state index contributed by atoms with van der Waals surface area (Å²) in [5.41, 5.74) is -1.12. The summed E-state index contributed by atoms with van der Waals surface area (Å²) < 4.78 is 39.1. The van der Waals surface area contributed by atoms with Crippen molar-refractivity contribution < 1.29 is 32.6 Å². The standard InChI is InChI=1S/C25H29NO7S/c1-24(2)18-12-13-25(24,22(27)16-18)26(34(3,30)31)20-6-4-5-7-21(20)33-15-14-32-19-10-8-17(9-11-19)23(28)29/h4-11,18H,12-16H2,1-3H3,(H,28,29). The van der Waals surface area contributed by atoms with Crippen molar-refractivity contribution >= 4 is 27.5 Å². The van der Waals surface area contributed by atoms with Gasteiger partial charge < -0.3 is 14.6 Å². The van der Waals surface area contributed by atoms with E-state index in [1.807, 2.05) is 13.8 Å². The Labute approximate surface area is 199 Å². The monoisotopic (exact) mass is 487 g/mol. The summed E-state index contributed by atoms with van der Waals surface area (Å²) >= 11 is 0. The molecule has 182 valence electrons. The lowest BCUT2D eigenvalue weighted by Gasteiger charge is -2.45. The zero-order chi connectivity index (χ0) is 24.7. The van der Waals surface area contributed by atoms with Crippen molar-refractivity contribution in [1.29, 1.82) is 0 Å². The van der Waals surface area contributed by atoms with Gasteiger partial charge >= 0.3 is 5.97 Å². The maximum absolute atomic E-state index is 13.2. The van der Waals surface area contributed by atoms with Gasteiger partial charge in [-0.1, -0.05) is 26.0 Å². The van der Waals surface area contributed by atoms with Gasteiger partial charge in [-0.15, -0.1) is 0 Å². The topological polar surface area (TPSA) is 110 Å². The number of anilines is 1. The second-order valence-corrected chi connectivity index (χ2v) is 11.3. The summed E-state index contributed by atoms with van der Waals surface area (Å²) in [5, 5.41) is 8.98. The van der Waals surface area contributed by atoms with Crippen LogP contribution in [0.3, 0.4) is 0 Å². The van der Waals surface area contributed by atoms with Crippen LogP contribution in [0.2, 0.25) is 0 Å². The quantitative estimate of drug-likeness (QED) is 0.536. The molecule has 8 nitrogen and oxygen atoms in total. The lowest BCUT2D eigenvalue weighted by molar-refractivity contribution is -0.123. The first-order chi connectivity index (χ1) is 16.0. The van der Waals surface area contributed by atoms with Crippen molar-refractivity contribution in [2.24, 2.45) is 11.3 Å². The molecule has 2 aromatic carbocycles. The Hall–Kier alpha value is -3.07. The van der Waals surface area contributed by atoms with Crippen LogP contribution < -0.4 is 13.8 Å². The van der Waals surface area contributed by atoms with E-state index in [0.29, 0.717) is 30.0 Å². The maximum Gasteiger partial charge on any atom is 0.335 e. The predicted octanol–water partition coefficient (Wildman–Crippen LogP) is 3.76. The Morgan fingerprint density at radius 1 is 1.09 bits per heavy atom. The van der Waals surface area contributed by atoms with Gasteiger partial charge in [0.2, 0.25) is 10.0 Å². The maximum atomic E-state index is 13.2. The number of para-hydroxylation sites is 2. The van der Waals surface area contributed by atoms with Crippen LogP contribution in [0, 0.1) is 11.3 Å². The molecule has 0 amide bonds. The molecule has 0 spiro atoms. The fourth-order valence-corrected chi connectivity index (χ4v) is 7.05. The van der Waals surface area contributed by atoms with Crippen LogP contribution >= 0.6 is 0 Å². The van der Waals surface area contributed by atoms with Gasteiger partial charge in [0.05, 0.1) is 17.5 Å². The van der Waals surface area contributed by atoms with Crippen LogP contribution in [0.1, 0.15) is 43.5 Å². The summed E-state index contributed by atoms with van der Waals surface area (Å²) in [5.74, 6) is -0.0563. The predicted molar refractivity (Wildman–Crippen MR) is 127 cm³/mol. The normalized spacial score (nSPS) is 23.0. The highest BCUT2D eigenvalue weighted by molar-refractivity contribution is 7.92. The van der Waals surface area contributed by atoms with Crippen LogP contribution in [0.5, 0.6) is 11.5 Å². The highest BCUT2D eigenvalue weighted by Crippen LogP contribution is 2.62.